The summed E-state index contributed by atoms with van der Waals surface area (Å²) in [6.45, 7) is 13.5. The van der Waals surface area contributed by atoms with Crippen LogP contribution in [-0.4, -0.2) is 90.8 Å². The lowest BCUT2D eigenvalue weighted by Gasteiger charge is -2.39. The molecule has 2 saturated heterocycles. The number of carbonyl (C=O) groups excluding carboxylic acids is 1. The average molecular weight is 394 g/mol. The number of hydrogen-bond donors (Lipinski definition) is 1. The summed E-state index contributed by atoms with van der Waals surface area (Å²) >= 11 is 0. The molecule has 0 aromatic heterocycles. The normalized spacial score (nSPS) is 23.4. The molecule has 1 unspecified atom stereocenters. The zero-order valence-corrected chi connectivity index (χ0v) is 18.1. The number of piperazine rings is 1. The summed E-state index contributed by atoms with van der Waals surface area (Å²) in [6, 6.07) is 0.280. The SMILES string of the molecule is CC(C)(C)OC(=O)N1CCN2C(NCCCCCN3CCCCC3)=NCC2C1. The highest BCUT2D eigenvalue weighted by Crippen LogP contribution is 2.18. The van der Waals surface area contributed by atoms with Crippen molar-refractivity contribution < 1.29 is 9.53 Å². The van der Waals surface area contributed by atoms with E-state index >= 15 is 0 Å². The molecule has 0 bridgehead atoms. The van der Waals surface area contributed by atoms with E-state index in [0.717, 1.165) is 25.6 Å². The van der Waals surface area contributed by atoms with Gasteiger partial charge in [0.25, 0.3) is 0 Å². The molecule has 1 N–H and O–H groups in total. The van der Waals surface area contributed by atoms with Gasteiger partial charge in [0.15, 0.2) is 5.96 Å². The lowest BCUT2D eigenvalue weighted by Crippen LogP contribution is -2.57. The van der Waals surface area contributed by atoms with Crippen LogP contribution in [0.2, 0.25) is 0 Å². The number of piperidine rings is 1. The Bertz CT molecular complexity index is 539. The van der Waals surface area contributed by atoms with Gasteiger partial charge in [-0.15, -0.1) is 0 Å². The van der Waals surface area contributed by atoms with Crippen molar-refractivity contribution in [3.05, 3.63) is 0 Å². The number of fused-ring (bicyclic) bond motifs is 1. The van der Waals surface area contributed by atoms with Crippen LogP contribution in [0.3, 0.4) is 0 Å². The van der Waals surface area contributed by atoms with Gasteiger partial charge in [0.2, 0.25) is 0 Å². The van der Waals surface area contributed by atoms with E-state index in [-0.39, 0.29) is 12.1 Å². The zero-order chi connectivity index (χ0) is 20.0. The molecule has 0 radical (unpaired) electrons. The van der Waals surface area contributed by atoms with Gasteiger partial charge in [-0.25, -0.2) is 4.79 Å². The van der Waals surface area contributed by atoms with Gasteiger partial charge in [0, 0.05) is 26.2 Å². The van der Waals surface area contributed by atoms with Crippen molar-refractivity contribution >= 4 is 12.1 Å². The number of unbranched alkanes of at least 4 members (excludes halogenated alkanes) is 2. The number of likely N-dealkylation sites (tertiary alicyclic amines) is 1. The highest BCUT2D eigenvalue weighted by Gasteiger charge is 2.36. The third-order valence-electron chi connectivity index (χ3n) is 5.74. The molecule has 3 rings (SSSR count). The first kappa shape index (κ1) is 21.2. The highest BCUT2D eigenvalue weighted by molar-refractivity contribution is 5.82. The molecule has 0 aliphatic carbocycles. The summed E-state index contributed by atoms with van der Waals surface area (Å²) in [5, 5.41) is 3.53. The highest BCUT2D eigenvalue weighted by atomic mass is 16.6. The van der Waals surface area contributed by atoms with E-state index in [1.165, 1.54) is 58.2 Å². The van der Waals surface area contributed by atoms with Gasteiger partial charge in [0.1, 0.15) is 5.60 Å². The Morgan fingerprint density at radius 2 is 1.89 bits per heavy atom. The van der Waals surface area contributed by atoms with Gasteiger partial charge in [-0.05, 0) is 66.1 Å². The van der Waals surface area contributed by atoms with Crippen molar-refractivity contribution in [3.8, 4) is 0 Å². The summed E-state index contributed by atoms with van der Waals surface area (Å²) in [4.78, 5) is 23.8. The Kier molecular flexibility index (Phi) is 7.43. The quantitative estimate of drug-likeness (QED) is 0.703. The lowest BCUT2D eigenvalue weighted by molar-refractivity contribution is 0.0137. The molecular formula is C21H39N5O2. The Labute approximate surface area is 170 Å². The van der Waals surface area contributed by atoms with Gasteiger partial charge in [-0.1, -0.05) is 12.8 Å². The van der Waals surface area contributed by atoms with E-state index in [1.807, 2.05) is 25.7 Å². The molecule has 1 atom stereocenters. The number of guanidine groups is 1. The van der Waals surface area contributed by atoms with E-state index < -0.39 is 5.60 Å². The first-order chi connectivity index (χ1) is 13.4. The second-order valence-electron chi connectivity index (χ2n) is 9.33. The van der Waals surface area contributed by atoms with E-state index in [0.29, 0.717) is 13.1 Å². The maximum absolute atomic E-state index is 12.3. The first-order valence-corrected chi connectivity index (χ1v) is 11.2. The predicted molar refractivity (Wildman–Crippen MR) is 113 cm³/mol. The summed E-state index contributed by atoms with van der Waals surface area (Å²) in [6.07, 6.45) is 7.72. The van der Waals surface area contributed by atoms with Gasteiger partial charge in [-0.2, -0.15) is 0 Å². The first-order valence-electron chi connectivity index (χ1n) is 11.2. The van der Waals surface area contributed by atoms with Crippen LogP contribution in [0.5, 0.6) is 0 Å². The van der Waals surface area contributed by atoms with Crippen LogP contribution < -0.4 is 5.32 Å². The Morgan fingerprint density at radius 1 is 1.11 bits per heavy atom. The molecule has 1 amide bonds. The van der Waals surface area contributed by atoms with E-state index in [4.69, 9.17) is 4.74 Å². The molecule has 0 saturated carbocycles. The minimum atomic E-state index is -0.443. The van der Waals surface area contributed by atoms with Crippen LogP contribution in [0.4, 0.5) is 4.79 Å². The molecule has 28 heavy (non-hydrogen) atoms. The van der Waals surface area contributed by atoms with Crippen LogP contribution in [-0.2, 0) is 4.74 Å². The average Bonchev–Trinajstić information content (AvgIpc) is 3.06. The van der Waals surface area contributed by atoms with Crippen LogP contribution in [0, 0.1) is 0 Å². The minimum Gasteiger partial charge on any atom is -0.444 e. The topological polar surface area (TPSA) is 60.4 Å². The molecule has 7 heteroatoms. The minimum absolute atomic E-state index is 0.206. The van der Waals surface area contributed by atoms with Crippen molar-refractivity contribution in [2.75, 3.05) is 52.4 Å². The second-order valence-corrected chi connectivity index (χ2v) is 9.33. The van der Waals surface area contributed by atoms with Crippen LogP contribution in [0.25, 0.3) is 0 Å². The molecule has 3 aliphatic rings. The summed E-state index contributed by atoms with van der Waals surface area (Å²) in [7, 11) is 0. The standard InChI is InChI=1S/C21H39N5O2/c1-21(2,3)28-20(27)25-14-15-26-18(17-25)16-23-19(26)22-10-6-4-7-11-24-12-8-5-9-13-24/h18H,4-17H2,1-3H3,(H,22,23). The fourth-order valence-corrected chi connectivity index (χ4v) is 4.24. The molecular weight excluding hydrogens is 354 g/mol. The number of carbonyl (C=O) groups is 1. The maximum Gasteiger partial charge on any atom is 0.410 e. The van der Waals surface area contributed by atoms with Gasteiger partial charge in [0.05, 0.1) is 12.6 Å². The molecule has 3 heterocycles. The molecule has 3 aliphatic heterocycles. The third-order valence-corrected chi connectivity index (χ3v) is 5.74. The summed E-state index contributed by atoms with van der Waals surface area (Å²) in [5.74, 6) is 1.02. The van der Waals surface area contributed by atoms with Gasteiger partial charge >= 0.3 is 6.09 Å². The van der Waals surface area contributed by atoms with E-state index in [9.17, 15) is 4.79 Å². The lowest BCUT2D eigenvalue weighted by atomic mass is 10.1. The second kappa shape index (κ2) is 9.81. The molecule has 0 spiro atoms. The van der Waals surface area contributed by atoms with Crippen molar-refractivity contribution in [1.29, 1.82) is 0 Å². The number of nitrogens with one attached hydrogen (secondary N) is 1. The Balaban J connectivity index is 1.30. The molecule has 160 valence electrons. The van der Waals surface area contributed by atoms with Crippen molar-refractivity contribution in [3.63, 3.8) is 0 Å². The van der Waals surface area contributed by atoms with Gasteiger partial charge in [-0.3, -0.25) is 4.99 Å². The predicted octanol–water partition coefficient (Wildman–Crippen LogP) is 2.52. The van der Waals surface area contributed by atoms with Crippen LogP contribution >= 0.6 is 0 Å². The summed E-state index contributed by atoms with van der Waals surface area (Å²) in [5.41, 5.74) is -0.443. The number of nitrogens with zero attached hydrogens (tertiary/aromatic N) is 4. The number of amides is 1. The zero-order valence-electron chi connectivity index (χ0n) is 18.1. The molecule has 7 nitrogen and oxygen atoms in total. The van der Waals surface area contributed by atoms with Gasteiger partial charge < -0.3 is 24.8 Å². The van der Waals surface area contributed by atoms with Crippen molar-refractivity contribution in [2.24, 2.45) is 4.99 Å². The fourth-order valence-electron chi connectivity index (χ4n) is 4.24. The van der Waals surface area contributed by atoms with Crippen molar-refractivity contribution in [2.45, 2.75) is 70.9 Å². The van der Waals surface area contributed by atoms with E-state index in [1.54, 1.807) is 0 Å². The Hall–Kier alpha value is -1.50. The Morgan fingerprint density at radius 3 is 2.64 bits per heavy atom. The molecule has 2 fully saturated rings. The number of rotatable bonds is 6. The smallest absolute Gasteiger partial charge is 0.410 e. The maximum atomic E-state index is 12.3. The monoisotopic (exact) mass is 393 g/mol. The third kappa shape index (κ3) is 6.26. The fraction of sp³-hybridized carbons (Fsp3) is 0.905. The van der Waals surface area contributed by atoms with Crippen LogP contribution in [0.1, 0.15) is 59.3 Å². The van der Waals surface area contributed by atoms with E-state index in [2.05, 4.69) is 20.1 Å². The number of aliphatic imine (C=N–C) groups is 1. The largest absolute Gasteiger partial charge is 0.444 e. The van der Waals surface area contributed by atoms with Crippen LogP contribution in [0.15, 0.2) is 4.99 Å². The number of ether oxygens (including phenoxy) is 1. The number of hydrogen-bond acceptors (Lipinski definition) is 6. The molecule has 0 aromatic carbocycles. The summed E-state index contributed by atoms with van der Waals surface area (Å²) < 4.78 is 5.51. The van der Waals surface area contributed by atoms with Crippen molar-refractivity contribution in [1.82, 2.24) is 20.0 Å². The molecule has 0 aromatic rings.